The maximum Gasteiger partial charge on any atom is 0.0442 e. The molecule has 1 heterocycles. The highest BCUT2D eigenvalue weighted by Gasteiger charge is 2.48. The van der Waals surface area contributed by atoms with Crippen molar-refractivity contribution < 1.29 is 0 Å². The minimum absolute atomic E-state index is 0.0550. The van der Waals surface area contributed by atoms with Gasteiger partial charge in [0.2, 0.25) is 0 Å². The highest BCUT2D eigenvalue weighted by atomic mass is 127. The van der Waals surface area contributed by atoms with Gasteiger partial charge in [0, 0.05) is 16.2 Å². The second kappa shape index (κ2) is 14.4. The molecule has 0 bridgehead atoms. The van der Waals surface area contributed by atoms with Crippen LogP contribution in [0.1, 0.15) is 88.9 Å². The second-order valence-corrected chi connectivity index (χ2v) is 21.7. The number of hydrogen-bond donors (Lipinski definition) is 0. The molecule has 64 heavy (non-hydrogen) atoms. The van der Waals surface area contributed by atoms with Crippen LogP contribution in [0.25, 0.3) is 61.2 Å². The lowest BCUT2D eigenvalue weighted by atomic mass is 9.69. The van der Waals surface area contributed by atoms with Crippen LogP contribution < -0.4 is 0 Å². The summed E-state index contributed by atoms with van der Waals surface area (Å²) in [6.07, 6.45) is 5.66. The molecule has 1 aliphatic heterocycles. The van der Waals surface area contributed by atoms with E-state index in [-0.39, 0.29) is 31.6 Å². The molecule has 0 aromatic heterocycles. The Morgan fingerprint density at radius 2 is 1.05 bits per heavy atom. The van der Waals surface area contributed by atoms with Gasteiger partial charge in [-0.15, -0.1) is 0 Å². The van der Waals surface area contributed by atoms with Gasteiger partial charge < -0.3 is 0 Å². The fourth-order valence-electron chi connectivity index (χ4n) is 12.2. The van der Waals surface area contributed by atoms with Crippen LogP contribution in [0.4, 0.5) is 0 Å². The minimum Gasteiger partial charge on any atom is -0.0937 e. The zero-order valence-electron chi connectivity index (χ0n) is 37.5. The van der Waals surface area contributed by atoms with Gasteiger partial charge in [0.05, 0.1) is 0 Å². The van der Waals surface area contributed by atoms with Crippen molar-refractivity contribution in [1.82, 2.24) is 0 Å². The molecule has 0 spiro atoms. The van der Waals surface area contributed by atoms with Crippen molar-refractivity contribution in [3.8, 4) is 55.6 Å². The second-order valence-electron chi connectivity index (χ2n) is 19.5. The maximum absolute atomic E-state index is 2.57. The van der Waals surface area contributed by atoms with Gasteiger partial charge in [-0.3, -0.25) is 0 Å². The fourth-order valence-corrected chi connectivity index (χ4v) is 13.6. The molecular weight excluding hydrogens is 884 g/mol. The number of allylic oxidation sites excluding steroid dienone is 3. The van der Waals surface area contributed by atoms with Gasteiger partial charge >= 0.3 is 0 Å². The van der Waals surface area contributed by atoms with E-state index in [1.54, 1.807) is 0 Å². The van der Waals surface area contributed by atoms with Crippen LogP contribution in [-0.2, 0) is 22.7 Å². The van der Waals surface area contributed by atoms with Crippen LogP contribution >= 0.6 is 20.7 Å². The quantitative estimate of drug-likeness (QED) is 0.146. The molecule has 3 aliphatic carbocycles. The van der Waals surface area contributed by atoms with Crippen LogP contribution in [0, 0.1) is 13.8 Å². The average molecular weight is 935 g/mol. The van der Waals surface area contributed by atoms with Crippen LogP contribution in [0.3, 0.4) is 0 Å². The Hall–Kier alpha value is -6.16. The van der Waals surface area contributed by atoms with Gasteiger partial charge in [-0.25, -0.2) is 0 Å². The summed E-state index contributed by atoms with van der Waals surface area (Å²) in [6, 6.07) is 63.2. The SMILES string of the molecule is Cc1ccc(-c2ccc3c(c2)-c2ccccc2C3(C)Cc2cc(C3=CC=IC=C3)cc3c2-c2ccccc2C3(C)c2cccc3c2-c2cccc(-c4ccc(C)cc4)c2C3(C)C)cc1. The molecule has 0 fully saturated rings. The number of hydrogen-bond acceptors (Lipinski definition) is 0. The van der Waals surface area contributed by atoms with Gasteiger partial charge in [0.15, 0.2) is 0 Å². The number of halogens is 1. The Bertz CT molecular complexity index is 3350. The Balaban J connectivity index is 1.09. The topological polar surface area (TPSA) is 0 Å². The summed E-state index contributed by atoms with van der Waals surface area (Å²) < 4.78 is 4.83. The molecule has 4 aliphatic rings. The highest BCUT2D eigenvalue weighted by molar-refractivity contribution is 14.2. The molecule has 2 atom stereocenters. The third-order valence-electron chi connectivity index (χ3n) is 15.4. The monoisotopic (exact) mass is 934 g/mol. The van der Waals surface area contributed by atoms with Crippen molar-refractivity contribution in [2.45, 2.75) is 64.2 Å². The first kappa shape index (κ1) is 39.4. The first-order valence-corrected chi connectivity index (χ1v) is 25.3. The summed E-state index contributed by atoms with van der Waals surface area (Å²) in [7, 11) is 0. The third kappa shape index (κ3) is 5.69. The molecule has 0 saturated carbocycles. The first-order valence-electron chi connectivity index (χ1n) is 22.8. The Kier molecular flexibility index (Phi) is 8.89. The predicted molar refractivity (Wildman–Crippen MR) is 281 cm³/mol. The van der Waals surface area contributed by atoms with Crippen molar-refractivity contribution in [2.24, 2.45) is 0 Å². The van der Waals surface area contributed by atoms with E-state index in [0.29, 0.717) is 0 Å². The Morgan fingerprint density at radius 3 is 1.80 bits per heavy atom. The fraction of sp³-hybridized carbons (Fsp3) is 0.159. The van der Waals surface area contributed by atoms with Gasteiger partial charge in [-0.1, -0.05) is 204 Å². The molecule has 0 N–H and O–H groups in total. The molecule has 0 radical (unpaired) electrons. The molecule has 0 amide bonds. The molecule has 1 heteroatoms. The maximum atomic E-state index is 2.57. The molecule has 8 aromatic carbocycles. The van der Waals surface area contributed by atoms with Crippen LogP contribution in [0.15, 0.2) is 180 Å². The first-order chi connectivity index (χ1) is 31.1. The number of aryl methyl sites for hydroxylation is 2. The summed E-state index contributed by atoms with van der Waals surface area (Å²) in [6.45, 7) is 14.3. The molecule has 0 nitrogen and oxygen atoms in total. The molecule has 12 rings (SSSR count). The van der Waals surface area contributed by atoms with E-state index in [1.165, 1.54) is 122 Å². The number of rotatable bonds is 6. The van der Waals surface area contributed by atoms with Crippen molar-refractivity contribution in [2.75, 3.05) is 0 Å². The van der Waals surface area contributed by atoms with Crippen molar-refractivity contribution in [3.63, 3.8) is 0 Å². The number of benzene rings is 8. The van der Waals surface area contributed by atoms with Crippen LogP contribution in [0.5, 0.6) is 0 Å². The van der Waals surface area contributed by atoms with Crippen molar-refractivity contribution >= 4 is 30.3 Å². The van der Waals surface area contributed by atoms with Gasteiger partial charge in [-0.05, 0) is 171 Å². The van der Waals surface area contributed by atoms with Crippen molar-refractivity contribution in [3.05, 3.63) is 241 Å². The number of fused-ring (bicyclic) bond motifs is 9. The van der Waals surface area contributed by atoms with E-state index in [2.05, 4.69) is 226 Å². The summed E-state index contributed by atoms with van der Waals surface area (Å²) in [5.74, 6) is 0. The van der Waals surface area contributed by atoms with E-state index < -0.39 is 5.41 Å². The van der Waals surface area contributed by atoms with Gasteiger partial charge in [0.25, 0.3) is 0 Å². The molecular formula is C63H51I. The van der Waals surface area contributed by atoms with E-state index in [9.17, 15) is 0 Å². The smallest absolute Gasteiger partial charge is 0.0442 e. The Morgan fingerprint density at radius 1 is 0.438 bits per heavy atom. The molecule has 8 aromatic rings. The van der Waals surface area contributed by atoms with E-state index in [0.717, 1.165) is 6.42 Å². The lowest BCUT2D eigenvalue weighted by Gasteiger charge is -2.33. The summed E-state index contributed by atoms with van der Waals surface area (Å²) >= 11 is -0.0550. The summed E-state index contributed by atoms with van der Waals surface area (Å²) in [5.41, 5.74) is 29.0. The molecule has 2 unspecified atom stereocenters. The normalized spacial score (nSPS) is 19.2. The van der Waals surface area contributed by atoms with E-state index in [4.69, 9.17) is 0 Å². The predicted octanol–water partition coefficient (Wildman–Crippen LogP) is 16.5. The molecule has 310 valence electrons. The lowest BCUT2D eigenvalue weighted by Crippen LogP contribution is -2.26. The molecule has 0 saturated heterocycles. The third-order valence-corrected chi connectivity index (χ3v) is 17.0. The van der Waals surface area contributed by atoms with Gasteiger partial charge in [-0.2, -0.15) is 0 Å². The zero-order chi connectivity index (χ0) is 43.5. The summed E-state index contributed by atoms with van der Waals surface area (Å²) in [4.78, 5) is 0. The average Bonchev–Trinajstić information content (AvgIpc) is 3.84. The van der Waals surface area contributed by atoms with Crippen LogP contribution in [0.2, 0.25) is 0 Å². The lowest BCUT2D eigenvalue weighted by molar-refractivity contribution is 0.583. The van der Waals surface area contributed by atoms with E-state index >= 15 is 0 Å². The zero-order valence-corrected chi connectivity index (χ0v) is 39.6. The van der Waals surface area contributed by atoms with Crippen molar-refractivity contribution in [1.29, 1.82) is 0 Å². The largest absolute Gasteiger partial charge is 0.0937 e. The van der Waals surface area contributed by atoms with E-state index in [1.807, 2.05) is 0 Å². The highest BCUT2D eigenvalue weighted by Crippen LogP contribution is 2.61. The Labute approximate surface area is 388 Å². The standard InChI is InChI=1S/C63H51I/c1-39-21-25-41(26-22-39)44-29-30-53-51(36-44)48-13-7-9-17-52(48)62(53,5)38-46-35-45(42-31-33-64-34-32-42)37-57-58(46)49-14-8-10-18-54(49)63(57,6)56-20-12-19-55-59(56)50-16-11-15-47(60(50)61(55,3)4)43-27-23-40(2)24-28-43/h7-37H,38H2,1-6H3. The summed E-state index contributed by atoms with van der Waals surface area (Å²) in [5, 5.41) is 0. The minimum atomic E-state index is -0.412. The van der Waals surface area contributed by atoms with Gasteiger partial charge in [0.1, 0.15) is 0 Å². The van der Waals surface area contributed by atoms with Crippen LogP contribution in [-0.4, -0.2) is 4.01 Å².